The summed E-state index contributed by atoms with van der Waals surface area (Å²) in [7, 11) is -2.91. The van der Waals surface area contributed by atoms with E-state index in [-0.39, 0.29) is 24.2 Å². The number of nitrogens with zero attached hydrogens (tertiary/aromatic N) is 4. The Morgan fingerprint density at radius 3 is 2.50 bits per heavy atom. The Morgan fingerprint density at radius 2 is 1.85 bits per heavy atom. The molecule has 0 radical (unpaired) electrons. The smallest absolute Gasteiger partial charge is 0.245 e. The Bertz CT molecular complexity index is 1120. The predicted molar refractivity (Wildman–Crippen MR) is 116 cm³/mol. The summed E-state index contributed by atoms with van der Waals surface area (Å²) >= 11 is 6.22. The summed E-state index contributed by atoms with van der Waals surface area (Å²) in [4.78, 5) is 8.47. The van der Waals surface area contributed by atoms with Crippen molar-refractivity contribution in [2.24, 2.45) is 13.0 Å². The van der Waals surface area contributed by atoms with E-state index < -0.39 is 52.2 Å². The highest BCUT2D eigenvalue weighted by Crippen LogP contribution is 2.32. The number of aromatic nitrogens is 4. The van der Waals surface area contributed by atoms with Crippen LogP contribution in [0.3, 0.4) is 0 Å². The lowest BCUT2D eigenvalue weighted by Crippen LogP contribution is -2.48. The number of sulfonamides is 1. The van der Waals surface area contributed by atoms with Gasteiger partial charge in [-0.25, -0.2) is 31.3 Å². The number of halogens is 4. The fourth-order valence-corrected chi connectivity index (χ4v) is 5.30. The fraction of sp³-hybridized carbons (Fsp3) is 0.611. The molecule has 4 unspecified atom stereocenters. The molecule has 188 valence electrons. The van der Waals surface area contributed by atoms with E-state index in [1.54, 1.807) is 24.1 Å². The van der Waals surface area contributed by atoms with E-state index >= 15 is 0 Å². The van der Waals surface area contributed by atoms with Gasteiger partial charge in [-0.1, -0.05) is 18.5 Å². The molecular weight excluding hydrogens is 503 g/mol. The molecule has 0 bridgehead atoms. The summed E-state index contributed by atoms with van der Waals surface area (Å²) in [6.07, 6.45) is 0.247. The van der Waals surface area contributed by atoms with E-state index in [0.29, 0.717) is 11.5 Å². The van der Waals surface area contributed by atoms with Crippen LogP contribution in [0, 0.1) is 5.92 Å². The molecule has 3 N–H and O–H groups in total. The third-order valence-corrected chi connectivity index (χ3v) is 7.43. The van der Waals surface area contributed by atoms with Gasteiger partial charge in [0.25, 0.3) is 0 Å². The lowest BCUT2D eigenvalue weighted by molar-refractivity contribution is 0.0598. The molecule has 2 aromatic heterocycles. The number of aryl methyl sites for hydroxylation is 1. The molecule has 34 heavy (non-hydrogen) atoms. The van der Waals surface area contributed by atoms with Gasteiger partial charge in [0.1, 0.15) is 17.2 Å². The third-order valence-electron chi connectivity index (χ3n) is 5.50. The van der Waals surface area contributed by atoms with Gasteiger partial charge in [-0.3, -0.25) is 4.68 Å². The van der Waals surface area contributed by atoms with Gasteiger partial charge in [-0.2, -0.15) is 10.1 Å². The van der Waals surface area contributed by atoms with Crippen molar-refractivity contribution in [3.05, 3.63) is 23.6 Å². The van der Waals surface area contributed by atoms with Crippen LogP contribution in [0.4, 0.5) is 30.6 Å². The van der Waals surface area contributed by atoms with E-state index in [2.05, 4.69) is 30.4 Å². The van der Waals surface area contributed by atoms with Crippen LogP contribution in [-0.4, -0.2) is 77.6 Å². The number of ether oxygens (including phenoxy) is 2. The van der Waals surface area contributed by atoms with Crippen LogP contribution in [0.15, 0.2) is 18.6 Å². The lowest BCUT2D eigenvalue weighted by Gasteiger charge is -2.22. The van der Waals surface area contributed by atoms with Crippen LogP contribution in [0.2, 0.25) is 5.02 Å². The first-order valence-electron chi connectivity index (χ1n) is 10.3. The summed E-state index contributed by atoms with van der Waals surface area (Å²) in [6, 6.07) is -1.40. The van der Waals surface area contributed by atoms with Crippen molar-refractivity contribution >= 4 is 39.1 Å². The Labute approximate surface area is 198 Å². The topological polar surface area (TPSA) is 132 Å². The number of hydrogen-bond donors (Lipinski definition) is 3. The van der Waals surface area contributed by atoms with Gasteiger partial charge >= 0.3 is 0 Å². The molecule has 11 nitrogen and oxygen atoms in total. The predicted octanol–water partition coefficient (Wildman–Crippen LogP) is 1.67. The third kappa shape index (κ3) is 5.22. The molecule has 2 aromatic rings. The largest absolute Gasteiger partial charge is 0.371 e. The summed E-state index contributed by atoms with van der Waals surface area (Å²) < 4.78 is 79.2. The minimum absolute atomic E-state index is 0.117. The molecule has 4 rings (SSSR count). The van der Waals surface area contributed by atoms with E-state index in [4.69, 9.17) is 21.1 Å². The maximum absolute atomic E-state index is 14.2. The second-order valence-electron chi connectivity index (χ2n) is 8.08. The lowest BCUT2D eigenvalue weighted by atomic mass is 10.1. The zero-order chi connectivity index (χ0) is 24.6. The van der Waals surface area contributed by atoms with E-state index in [1.807, 2.05) is 0 Å². The van der Waals surface area contributed by atoms with E-state index in [1.165, 1.54) is 6.20 Å². The zero-order valence-electron chi connectivity index (χ0n) is 18.0. The van der Waals surface area contributed by atoms with Crippen molar-refractivity contribution in [1.29, 1.82) is 0 Å². The van der Waals surface area contributed by atoms with E-state index in [0.717, 1.165) is 6.92 Å². The number of fused-ring (bicyclic) bond motifs is 1. The Hall–Kier alpha value is -2.20. The summed E-state index contributed by atoms with van der Waals surface area (Å²) in [5, 5.41) is 10.4. The van der Waals surface area contributed by atoms with Crippen LogP contribution in [-0.2, 0) is 26.5 Å². The van der Waals surface area contributed by atoms with Gasteiger partial charge < -0.3 is 20.1 Å². The monoisotopic (exact) mass is 525 g/mol. The molecule has 0 spiro atoms. The van der Waals surface area contributed by atoms with Crippen LogP contribution in [0.1, 0.15) is 6.92 Å². The Balaban J connectivity index is 1.41. The van der Waals surface area contributed by atoms with Crippen molar-refractivity contribution in [3.63, 3.8) is 0 Å². The first-order valence-corrected chi connectivity index (χ1v) is 12.2. The highest BCUT2D eigenvalue weighted by atomic mass is 35.5. The average Bonchev–Trinajstić information content (AvgIpc) is 3.48. The molecule has 0 saturated carbocycles. The van der Waals surface area contributed by atoms with Gasteiger partial charge in [-0.15, -0.1) is 0 Å². The van der Waals surface area contributed by atoms with Crippen LogP contribution in [0.5, 0.6) is 0 Å². The van der Waals surface area contributed by atoms with Crippen LogP contribution >= 0.6 is 11.6 Å². The normalized spacial score (nSPS) is 26.4. The maximum atomic E-state index is 14.2. The van der Waals surface area contributed by atoms with Gasteiger partial charge in [0, 0.05) is 13.2 Å². The van der Waals surface area contributed by atoms with Crippen molar-refractivity contribution in [2.45, 2.75) is 43.1 Å². The maximum Gasteiger partial charge on any atom is 0.245 e. The molecule has 2 saturated heterocycles. The molecule has 2 fully saturated rings. The number of hydrogen-bond acceptors (Lipinski definition) is 9. The molecule has 2 aliphatic rings. The van der Waals surface area contributed by atoms with Crippen LogP contribution in [0.25, 0.3) is 0 Å². The molecule has 16 heteroatoms. The molecular formula is C18H23ClF3N7O4S. The minimum Gasteiger partial charge on any atom is -0.371 e. The Kier molecular flexibility index (Phi) is 7.19. The number of alkyl halides is 3. The number of nitrogens with one attached hydrogen (secondary N) is 3. The van der Waals surface area contributed by atoms with Gasteiger partial charge in [-0.05, 0) is 0 Å². The number of anilines is 3. The summed E-state index contributed by atoms with van der Waals surface area (Å²) in [5.74, 6) is -1.43. The van der Waals surface area contributed by atoms with Gasteiger partial charge in [0.15, 0.2) is 5.82 Å². The standard InChI is InChI=1S/C18H23ClF3N7O4S/c1-8(15(20)21)16(22)34(30,31)28-12-7-33-13-11(6-32-14(12)13)26-17-10(19)4-23-18(27-17)25-9-3-24-29(2)5-9/h3-5,8,11-16,28H,6-7H2,1-2H3,(H2,23,25,26,27)/t8?,11-,12+,13?,14?,16?/m1/s1. The molecule has 0 amide bonds. The van der Waals surface area contributed by atoms with Crippen molar-refractivity contribution < 1.29 is 31.1 Å². The van der Waals surface area contributed by atoms with Crippen molar-refractivity contribution in [1.82, 2.24) is 24.5 Å². The molecule has 4 heterocycles. The highest BCUT2D eigenvalue weighted by molar-refractivity contribution is 7.90. The minimum atomic E-state index is -4.68. The zero-order valence-corrected chi connectivity index (χ0v) is 19.6. The SMILES string of the molecule is CC(C(F)F)C(F)S(=O)(=O)N[C@H]1COC2C1OC[C@H]2Nc1nc(Nc2cnn(C)c2)ncc1Cl. The van der Waals surface area contributed by atoms with Crippen molar-refractivity contribution in [2.75, 3.05) is 23.8 Å². The number of rotatable bonds is 9. The molecule has 0 aliphatic carbocycles. The Morgan fingerprint density at radius 1 is 1.18 bits per heavy atom. The highest BCUT2D eigenvalue weighted by Gasteiger charge is 2.50. The van der Waals surface area contributed by atoms with Gasteiger partial charge in [0.05, 0.1) is 49.3 Å². The van der Waals surface area contributed by atoms with Crippen molar-refractivity contribution in [3.8, 4) is 0 Å². The summed E-state index contributed by atoms with van der Waals surface area (Å²) in [6.45, 7) is 0.830. The quantitative estimate of drug-likeness (QED) is 0.447. The second kappa shape index (κ2) is 9.81. The van der Waals surface area contributed by atoms with Crippen LogP contribution < -0.4 is 15.4 Å². The first-order chi connectivity index (χ1) is 16.0. The van der Waals surface area contributed by atoms with Gasteiger partial charge in [0.2, 0.25) is 27.9 Å². The average molecular weight is 526 g/mol. The second-order valence-corrected chi connectivity index (χ2v) is 10.3. The fourth-order valence-electron chi connectivity index (χ4n) is 3.72. The first kappa shape index (κ1) is 24.9. The molecule has 0 aromatic carbocycles. The molecule has 6 atom stereocenters. The molecule has 2 aliphatic heterocycles. The van der Waals surface area contributed by atoms with E-state index in [9.17, 15) is 21.6 Å². The summed E-state index contributed by atoms with van der Waals surface area (Å²) in [5.41, 5.74) is -2.10.